The SMILES string of the molecule is COc1ccc([C@@]23CC/C(=[N+](\O)NC(=O)c4cccnc4)C[C@@H]2N(C)CC3)cc1OC. The van der Waals surface area contributed by atoms with Gasteiger partial charge in [-0.1, -0.05) is 11.5 Å². The van der Waals surface area contributed by atoms with E-state index in [0.29, 0.717) is 24.2 Å². The molecule has 1 aliphatic carbocycles. The van der Waals surface area contributed by atoms with Crippen molar-refractivity contribution in [3.63, 3.8) is 0 Å². The summed E-state index contributed by atoms with van der Waals surface area (Å²) in [6, 6.07) is 9.73. The molecular weight excluding hydrogens is 396 g/mol. The lowest BCUT2D eigenvalue weighted by Crippen LogP contribution is -2.49. The van der Waals surface area contributed by atoms with E-state index < -0.39 is 0 Å². The molecule has 1 saturated heterocycles. The molecule has 1 aliphatic heterocycles. The number of hydrogen-bond donors (Lipinski definition) is 2. The van der Waals surface area contributed by atoms with Gasteiger partial charge in [0, 0.05) is 30.3 Å². The second kappa shape index (κ2) is 8.55. The monoisotopic (exact) mass is 425 g/mol. The van der Waals surface area contributed by atoms with Crippen LogP contribution in [-0.4, -0.2) is 65.4 Å². The Hall–Kier alpha value is -3.13. The van der Waals surface area contributed by atoms with Gasteiger partial charge in [-0.05, 0) is 56.3 Å². The first kappa shape index (κ1) is 21.1. The number of benzene rings is 1. The van der Waals surface area contributed by atoms with Crippen molar-refractivity contribution in [1.82, 2.24) is 15.3 Å². The van der Waals surface area contributed by atoms with Crippen LogP contribution in [0.4, 0.5) is 0 Å². The Morgan fingerprint density at radius 3 is 2.77 bits per heavy atom. The molecule has 2 aromatic rings. The van der Waals surface area contributed by atoms with Crippen LogP contribution in [0.25, 0.3) is 0 Å². The molecule has 164 valence electrons. The molecule has 1 aromatic carbocycles. The number of hydrogen-bond acceptors (Lipinski definition) is 6. The molecule has 2 aliphatic rings. The number of likely N-dealkylation sites (N-methyl/N-ethyl adjacent to an activating group) is 1. The maximum atomic E-state index is 12.4. The molecule has 8 nitrogen and oxygen atoms in total. The van der Waals surface area contributed by atoms with Crippen LogP contribution in [0.1, 0.15) is 41.6 Å². The largest absolute Gasteiger partial charge is 0.493 e. The third-order valence-corrected chi connectivity index (χ3v) is 6.76. The van der Waals surface area contributed by atoms with Gasteiger partial charge in [-0.25, -0.2) is 0 Å². The van der Waals surface area contributed by atoms with E-state index in [2.05, 4.69) is 34.5 Å². The zero-order valence-corrected chi connectivity index (χ0v) is 18.2. The number of amides is 1. The number of rotatable bonds is 5. The fourth-order valence-electron chi connectivity index (χ4n) is 5.01. The fraction of sp³-hybridized carbons (Fsp3) is 0.435. The second-order valence-electron chi connectivity index (χ2n) is 8.24. The number of likely N-dealkylation sites (tertiary alicyclic amines) is 1. The quantitative estimate of drug-likeness (QED) is 0.435. The van der Waals surface area contributed by atoms with Gasteiger partial charge in [0.05, 0.1) is 31.1 Å². The number of nitrogens with one attached hydrogen (secondary N) is 1. The number of methoxy groups -OCH3 is 2. The molecule has 1 saturated carbocycles. The molecule has 2 atom stereocenters. The van der Waals surface area contributed by atoms with Crippen molar-refractivity contribution in [1.29, 1.82) is 0 Å². The summed E-state index contributed by atoms with van der Waals surface area (Å²) in [5, 5.41) is 10.6. The van der Waals surface area contributed by atoms with Crippen LogP contribution in [-0.2, 0) is 5.41 Å². The summed E-state index contributed by atoms with van der Waals surface area (Å²) in [6.07, 6.45) is 6.32. The fourth-order valence-corrected chi connectivity index (χ4v) is 5.01. The summed E-state index contributed by atoms with van der Waals surface area (Å²) in [6.45, 7) is 0.972. The third kappa shape index (κ3) is 3.83. The molecule has 2 fully saturated rings. The van der Waals surface area contributed by atoms with E-state index in [-0.39, 0.29) is 17.4 Å². The highest BCUT2D eigenvalue weighted by molar-refractivity contribution is 5.93. The number of nitrogens with zero attached hydrogens (tertiary/aromatic N) is 3. The highest BCUT2D eigenvalue weighted by atomic mass is 16.5. The molecule has 0 unspecified atom stereocenters. The lowest BCUT2D eigenvalue weighted by molar-refractivity contribution is -0.808. The van der Waals surface area contributed by atoms with Crippen molar-refractivity contribution < 1.29 is 24.3 Å². The lowest BCUT2D eigenvalue weighted by atomic mass is 9.65. The van der Waals surface area contributed by atoms with Gasteiger partial charge in [-0.15, -0.1) is 0 Å². The number of ether oxygens (including phenoxy) is 2. The van der Waals surface area contributed by atoms with Crippen molar-refractivity contribution in [2.45, 2.75) is 37.1 Å². The average molecular weight is 426 g/mol. The number of carbonyl (C=O) groups is 1. The molecule has 0 radical (unpaired) electrons. The van der Waals surface area contributed by atoms with E-state index >= 15 is 0 Å². The van der Waals surface area contributed by atoms with E-state index in [9.17, 15) is 10.0 Å². The molecule has 8 heteroatoms. The molecular formula is C23H29N4O4+. The summed E-state index contributed by atoms with van der Waals surface area (Å²) in [5.41, 5.74) is 4.95. The van der Waals surface area contributed by atoms with Crippen molar-refractivity contribution >= 4 is 11.6 Å². The molecule has 0 bridgehead atoms. The van der Waals surface area contributed by atoms with Gasteiger partial charge in [0.15, 0.2) is 11.5 Å². The van der Waals surface area contributed by atoms with E-state index in [1.54, 1.807) is 32.5 Å². The minimum Gasteiger partial charge on any atom is -0.493 e. The van der Waals surface area contributed by atoms with Crippen LogP contribution in [0, 0.1) is 0 Å². The van der Waals surface area contributed by atoms with Gasteiger partial charge >= 0.3 is 5.91 Å². The average Bonchev–Trinajstić information content (AvgIpc) is 3.16. The predicted octanol–water partition coefficient (Wildman–Crippen LogP) is 2.41. The Morgan fingerprint density at radius 1 is 1.26 bits per heavy atom. The molecule has 2 N–H and O–H groups in total. The van der Waals surface area contributed by atoms with Crippen molar-refractivity contribution in [2.24, 2.45) is 0 Å². The summed E-state index contributed by atoms with van der Waals surface area (Å²) < 4.78 is 10.9. The van der Waals surface area contributed by atoms with Crippen LogP contribution in [0.2, 0.25) is 0 Å². The van der Waals surface area contributed by atoms with Gasteiger partial charge in [-0.3, -0.25) is 15.0 Å². The molecule has 1 amide bonds. The van der Waals surface area contributed by atoms with Crippen LogP contribution >= 0.6 is 0 Å². The molecule has 2 heterocycles. The normalized spacial score (nSPS) is 24.9. The smallest absolute Gasteiger partial charge is 0.311 e. The van der Waals surface area contributed by atoms with Crippen molar-refractivity contribution in [3.8, 4) is 11.5 Å². The van der Waals surface area contributed by atoms with Gasteiger partial charge in [-0.2, -0.15) is 0 Å². The number of hydrazone groups is 1. The highest BCUT2D eigenvalue weighted by Crippen LogP contribution is 2.49. The van der Waals surface area contributed by atoms with Crippen LogP contribution < -0.4 is 14.9 Å². The van der Waals surface area contributed by atoms with E-state index in [4.69, 9.17) is 9.47 Å². The first-order valence-corrected chi connectivity index (χ1v) is 10.5. The van der Waals surface area contributed by atoms with Crippen LogP contribution in [0.5, 0.6) is 11.5 Å². The first-order valence-electron chi connectivity index (χ1n) is 10.5. The van der Waals surface area contributed by atoms with E-state index in [0.717, 1.165) is 35.7 Å². The Balaban J connectivity index is 1.59. The van der Waals surface area contributed by atoms with Gasteiger partial charge in [0.2, 0.25) is 5.71 Å². The van der Waals surface area contributed by atoms with Crippen LogP contribution in [0.15, 0.2) is 42.7 Å². The number of pyridine rings is 1. The Labute approximate surface area is 182 Å². The Bertz CT molecular complexity index is 994. The second-order valence-corrected chi connectivity index (χ2v) is 8.24. The molecule has 1 aromatic heterocycles. The maximum absolute atomic E-state index is 12.4. The molecule has 0 spiro atoms. The summed E-state index contributed by atoms with van der Waals surface area (Å²) >= 11 is 0. The Morgan fingerprint density at radius 2 is 2.06 bits per heavy atom. The number of hydrazine groups is 1. The minimum absolute atomic E-state index is 0.0357. The van der Waals surface area contributed by atoms with Crippen molar-refractivity contribution in [3.05, 3.63) is 53.9 Å². The summed E-state index contributed by atoms with van der Waals surface area (Å²) in [5.74, 6) is 1.05. The zero-order chi connectivity index (χ0) is 22.0. The van der Waals surface area contributed by atoms with Crippen molar-refractivity contribution in [2.75, 3.05) is 27.8 Å². The van der Waals surface area contributed by atoms with E-state index in [1.165, 1.54) is 11.8 Å². The number of aromatic nitrogens is 1. The molecule has 31 heavy (non-hydrogen) atoms. The van der Waals surface area contributed by atoms with E-state index in [1.807, 2.05) is 6.07 Å². The zero-order valence-electron chi connectivity index (χ0n) is 18.2. The summed E-state index contributed by atoms with van der Waals surface area (Å²) in [4.78, 5) is 19.6. The molecule has 4 rings (SSSR count). The maximum Gasteiger partial charge on any atom is 0.311 e. The summed E-state index contributed by atoms with van der Waals surface area (Å²) in [7, 11) is 5.41. The minimum atomic E-state index is -0.389. The predicted molar refractivity (Wildman–Crippen MR) is 115 cm³/mol. The number of carbonyl (C=O) groups excluding carboxylic acids is 1. The standard InChI is InChI=1S/C23H28N4O4/c1-26-12-10-23(17-6-7-19(30-2)20(13-17)31-3)9-8-18(14-21(23)26)27(29)25-22(28)16-5-4-11-24-15-16/h4-7,11,13,15,21H,8-10,12,14H2,1-3H3,(H-,25,28,29)/p+1/b27-18+/t21-,23-/m0/s1. The van der Waals surface area contributed by atoms with Crippen LogP contribution in [0.3, 0.4) is 0 Å². The first-order chi connectivity index (χ1) is 15.0. The van der Waals surface area contributed by atoms with Gasteiger partial charge in [0.25, 0.3) is 0 Å². The van der Waals surface area contributed by atoms with Gasteiger partial charge in [0.1, 0.15) is 0 Å². The Kier molecular flexibility index (Phi) is 5.82. The number of fused-ring (bicyclic) bond motifs is 1. The topological polar surface area (TPSA) is 86.9 Å². The van der Waals surface area contributed by atoms with Gasteiger partial charge < -0.3 is 14.4 Å². The lowest BCUT2D eigenvalue weighted by Gasteiger charge is -2.40. The highest BCUT2D eigenvalue weighted by Gasteiger charge is 2.52. The third-order valence-electron chi connectivity index (χ3n) is 6.76.